The summed E-state index contributed by atoms with van der Waals surface area (Å²) in [5.41, 5.74) is 6.70. The van der Waals surface area contributed by atoms with Crippen molar-refractivity contribution in [3.05, 3.63) is 35.6 Å². The van der Waals surface area contributed by atoms with Gasteiger partial charge in [0.15, 0.2) is 5.78 Å². The van der Waals surface area contributed by atoms with Crippen LogP contribution in [0.4, 0.5) is 4.39 Å². The van der Waals surface area contributed by atoms with Crippen LogP contribution in [0, 0.1) is 5.82 Å². The van der Waals surface area contributed by atoms with Gasteiger partial charge in [0.2, 0.25) is 0 Å². The van der Waals surface area contributed by atoms with Crippen molar-refractivity contribution in [3.63, 3.8) is 0 Å². The topological polar surface area (TPSA) is 66.6 Å². The van der Waals surface area contributed by atoms with Crippen LogP contribution in [-0.4, -0.2) is 41.1 Å². The molecule has 0 saturated carbocycles. The number of halogens is 1. The number of hydrogen-bond donors (Lipinski definition) is 2. The fourth-order valence-electron chi connectivity index (χ4n) is 2.28. The zero-order valence-corrected chi connectivity index (χ0v) is 10.8. The van der Waals surface area contributed by atoms with Crippen LogP contribution in [0.2, 0.25) is 0 Å². The molecule has 0 spiro atoms. The van der Waals surface area contributed by atoms with E-state index >= 15 is 0 Å². The summed E-state index contributed by atoms with van der Waals surface area (Å²) in [5.74, 6) is -0.395. The minimum atomic E-state index is -0.641. The number of hydrogen-bond acceptors (Lipinski definition) is 4. The van der Waals surface area contributed by atoms with Crippen LogP contribution in [0.15, 0.2) is 24.3 Å². The number of rotatable bonds is 4. The number of carbonyl (C=O) groups excluding carboxylic acids is 1. The molecule has 3 N–H and O–H groups in total. The van der Waals surface area contributed by atoms with Crippen LogP contribution in [0.25, 0.3) is 0 Å². The van der Waals surface area contributed by atoms with Gasteiger partial charge in [-0.15, -0.1) is 0 Å². The molecule has 1 aliphatic rings. The molecule has 0 aromatic heterocycles. The predicted molar refractivity (Wildman–Crippen MR) is 69.9 cm³/mol. The first kappa shape index (κ1) is 14.1. The molecule has 0 radical (unpaired) electrons. The molecule has 1 aromatic carbocycles. The third kappa shape index (κ3) is 3.83. The lowest BCUT2D eigenvalue weighted by atomic mass is 10.0. The van der Waals surface area contributed by atoms with Gasteiger partial charge in [-0.2, -0.15) is 0 Å². The van der Waals surface area contributed by atoms with Gasteiger partial charge < -0.3 is 10.8 Å². The average molecular weight is 266 g/mol. The Hall–Kier alpha value is -1.30. The number of nitrogens with zero attached hydrogens (tertiary/aromatic N) is 1. The van der Waals surface area contributed by atoms with E-state index in [2.05, 4.69) is 0 Å². The summed E-state index contributed by atoms with van der Waals surface area (Å²) in [5, 5.41) is 9.42. The van der Waals surface area contributed by atoms with E-state index < -0.39 is 6.17 Å². The predicted octanol–water partition coefficient (Wildman–Crippen LogP) is 0.679. The van der Waals surface area contributed by atoms with Gasteiger partial charge in [0.05, 0.1) is 6.10 Å². The minimum Gasteiger partial charge on any atom is -0.393 e. The summed E-state index contributed by atoms with van der Waals surface area (Å²) < 4.78 is 12.8. The van der Waals surface area contributed by atoms with Gasteiger partial charge in [-0.1, -0.05) is 12.1 Å². The molecule has 0 aliphatic carbocycles. The van der Waals surface area contributed by atoms with E-state index in [0.29, 0.717) is 25.9 Å². The van der Waals surface area contributed by atoms with Gasteiger partial charge in [-0.05, 0) is 30.5 Å². The maximum Gasteiger partial charge on any atom is 0.168 e. The average Bonchev–Trinajstić information content (AvgIpc) is 2.41. The van der Waals surface area contributed by atoms with Gasteiger partial charge >= 0.3 is 0 Å². The van der Waals surface area contributed by atoms with Crippen molar-refractivity contribution in [1.29, 1.82) is 0 Å². The molecular weight excluding hydrogens is 247 g/mol. The molecule has 1 saturated heterocycles. The van der Waals surface area contributed by atoms with Crippen molar-refractivity contribution in [2.24, 2.45) is 5.73 Å². The van der Waals surface area contributed by atoms with E-state index in [9.17, 15) is 14.3 Å². The number of nitrogens with two attached hydrogens (primary N) is 1. The van der Waals surface area contributed by atoms with Gasteiger partial charge in [-0.25, -0.2) is 4.39 Å². The number of aliphatic hydroxyl groups excluding tert-OH is 1. The summed E-state index contributed by atoms with van der Waals surface area (Å²) in [7, 11) is 0. The van der Waals surface area contributed by atoms with Gasteiger partial charge in [0, 0.05) is 19.5 Å². The van der Waals surface area contributed by atoms with Crippen molar-refractivity contribution < 1.29 is 14.3 Å². The molecule has 1 atom stereocenters. The fraction of sp³-hybridized carbons (Fsp3) is 0.500. The van der Waals surface area contributed by atoms with E-state index in [-0.39, 0.29) is 24.1 Å². The fourth-order valence-corrected chi connectivity index (χ4v) is 2.28. The second-order valence-corrected chi connectivity index (χ2v) is 4.98. The molecule has 0 amide bonds. The van der Waals surface area contributed by atoms with Crippen LogP contribution >= 0.6 is 0 Å². The lowest BCUT2D eigenvalue weighted by Crippen LogP contribution is -2.52. The number of Topliss-reactive ketones (excluding diaryl/α,β-unsaturated/α-hetero) is 1. The summed E-state index contributed by atoms with van der Waals surface area (Å²) in [4.78, 5) is 13.9. The zero-order valence-electron chi connectivity index (χ0n) is 10.8. The van der Waals surface area contributed by atoms with Crippen LogP contribution in [0.3, 0.4) is 0 Å². The summed E-state index contributed by atoms with van der Waals surface area (Å²) in [6.45, 7) is 1.27. The molecule has 1 aliphatic heterocycles. The van der Waals surface area contributed by atoms with Crippen molar-refractivity contribution in [2.45, 2.75) is 31.5 Å². The second-order valence-electron chi connectivity index (χ2n) is 4.98. The van der Waals surface area contributed by atoms with Crippen molar-refractivity contribution >= 4 is 5.78 Å². The smallest absolute Gasteiger partial charge is 0.168 e. The number of aliphatic hydroxyl groups is 1. The summed E-state index contributed by atoms with van der Waals surface area (Å²) in [6.07, 6.45) is 0.587. The monoisotopic (exact) mass is 266 g/mol. The van der Waals surface area contributed by atoms with Gasteiger partial charge in [-0.3, -0.25) is 9.69 Å². The second kappa shape index (κ2) is 6.23. The first-order valence-electron chi connectivity index (χ1n) is 6.51. The third-order valence-electron chi connectivity index (χ3n) is 3.51. The molecule has 1 unspecified atom stereocenters. The van der Waals surface area contributed by atoms with E-state index in [0.717, 1.165) is 5.56 Å². The van der Waals surface area contributed by atoms with Crippen LogP contribution < -0.4 is 5.73 Å². The lowest BCUT2D eigenvalue weighted by Gasteiger charge is -2.33. The normalized spacial score (nSPS) is 19.3. The maximum atomic E-state index is 12.8. The molecule has 2 rings (SSSR count). The van der Waals surface area contributed by atoms with E-state index in [1.807, 2.05) is 4.90 Å². The van der Waals surface area contributed by atoms with E-state index in [1.165, 1.54) is 12.1 Å². The number of benzene rings is 1. The maximum absolute atomic E-state index is 12.8. The van der Waals surface area contributed by atoms with Crippen LogP contribution in [-0.2, 0) is 11.2 Å². The highest BCUT2D eigenvalue weighted by molar-refractivity contribution is 5.85. The van der Waals surface area contributed by atoms with E-state index in [1.54, 1.807) is 12.1 Å². The molecule has 1 heterocycles. The largest absolute Gasteiger partial charge is 0.393 e. The zero-order chi connectivity index (χ0) is 13.8. The Morgan fingerprint density at radius 3 is 2.53 bits per heavy atom. The lowest BCUT2D eigenvalue weighted by molar-refractivity contribution is -0.124. The SMILES string of the molecule is NC(C(=O)Cc1ccc(F)cc1)N1CCC(O)CC1. The molecule has 1 aromatic rings. The Kier molecular flexibility index (Phi) is 4.63. The van der Waals surface area contributed by atoms with Gasteiger partial charge in [0.25, 0.3) is 0 Å². The molecule has 4 nitrogen and oxygen atoms in total. The summed E-state index contributed by atoms with van der Waals surface area (Å²) in [6, 6.07) is 5.87. The first-order chi connectivity index (χ1) is 9.06. The van der Waals surface area contributed by atoms with Crippen LogP contribution in [0.5, 0.6) is 0 Å². The van der Waals surface area contributed by atoms with Crippen molar-refractivity contribution in [1.82, 2.24) is 4.90 Å². The Morgan fingerprint density at radius 1 is 1.37 bits per heavy atom. The van der Waals surface area contributed by atoms with Crippen LogP contribution in [0.1, 0.15) is 18.4 Å². The quantitative estimate of drug-likeness (QED) is 0.841. The standard InChI is InChI=1S/C14H19FN2O2/c15-11-3-1-10(2-4-11)9-13(19)14(16)17-7-5-12(18)6-8-17/h1-4,12,14,18H,5-9,16H2. The number of carbonyl (C=O) groups is 1. The van der Waals surface area contributed by atoms with Crippen molar-refractivity contribution in [2.75, 3.05) is 13.1 Å². The minimum absolute atomic E-state index is 0.0806. The number of likely N-dealkylation sites (tertiary alicyclic amines) is 1. The highest BCUT2D eigenvalue weighted by Crippen LogP contribution is 2.13. The molecule has 19 heavy (non-hydrogen) atoms. The van der Waals surface area contributed by atoms with Crippen molar-refractivity contribution in [3.8, 4) is 0 Å². The molecule has 1 fully saturated rings. The Morgan fingerprint density at radius 2 is 1.95 bits per heavy atom. The van der Waals surface area contributed by atoms with E-state index in [4.69, 9.17) is 5.73 Å². The Labute approximate surface area is 112 Å². The first-order valence-corrected chi connectivity index (χ1v) is 6.51. The van der Waals surface area contributed by atoms with Gasteiger partial charge in [0.1, 0.15) is 12.0 Å². The third-order valence-corrected chi connectivity index (χ3v) is 3.51. The Bertz CT molecular complexity index is 428. The number of piperidine rings is 1. The Balaban J connectivity index is 1.90. The highest BCUT2D eigenvalue weighted by Gasteiger charge is 2.25. The molecule has 0 bridgehead atoms. The summed E-state index contributed by atoms with van der Waals surface area (Å²) >= 11 is 0. The molecule has 5 heteroatoms. The molecular formula is C14H19FN2O2. The molecule has 104 valence electrons. The highest BCUT2D eigenvalue weighted by atomic mass is 19.1. The number of ketones is 1.